The highest BCUT2D eigenvalue weighted by molar-refractivity contribution is 5.87. The Hall–Kier alpha value is -2.82. The average Bonchev–Trinajstić information content (AvgIpc) is 3.64. The van der Waals surface area contributed by atoms with E-state index in [0.29, 0.717) is 19.0 Å². The van der Waals surface area contributed by atoms with Gasteiger partial charge in [0, 0.05) is 30.4 Å². The molecule has 2 heterocycles. The lowest BCUT2D eigenvalue weighted by atomic mass is 9.87. The van der Waals surface area contributed by atoms with Crippen LogP contribution in [0.4, 0.5) is 4.79 Å². The zero-order valence-corrected chi connectivity index (χ0v) is 21.2. The van der Waals surface area contributed by atoms with Crippen molar-refractivity contribution in [2.45, 2.75) is 77.7 Å². The summed E-state index contributed by atoms with van der Waals surface area (Å²) in [5, 5.41) is 0. The summed E-state index contributed by atoms with van der Waals surface area (Å²) in [5.41, 5.74) is 9.68. The van der Waals surface area contributed by atoms with Crippen molar-refractivity contribution in [3.8, 4) is 5.75 Å². The fraction of sp³-hybridized carbons (Fsp3) is 0.517. The van der Waals surface area contributed by atoms with Crippen molar-refractivity contribution < 1.29 is 14.3 Å². The van der Waals surface area contributed by atoms with Crippen LogP contribution < -0.4 is 4.74 Å². The maximum Gasteiger partial charge on any atom is 0.410 e. The molecule has 2 fully saturated rings. The number of hydrogen-bond acceptors (Lipinski definition) is 4. The lowest BCUT2D eigenvalue weighted by molar-refractivity contribution is 0.0236. The average molecular weight is 461 g/mol. The van der Waals surface area contributed by atoms with Crippen molar-refractivity contribution >= 4 is 11.7 Å². The zero-order valence-electron chi connectivity index (χ0n) is 21.2. The molecular formula is C29H36N2O3. The summed E-state index contributed by atoms with van der Waals surface area (Å²) in [6.45, 7) is 9.20. The second kappa shape index (κ2) is 8.75. The first-order valence-electron chi connectivity index (χ1n) is 12.6. The number of carbonyl (C=O) groups excluding carboxylic acids is 1. The first-order valence-corrected chi connectivity index (χ1v) is 12.6. The Morgan fingerprint density at radius 1 is 1.03 bits per heavy atom. The van der Waals surface area contributed by atoms with Gasteiger partial charge in [-0.2, -0.15) is 0 Å². The van der Waals surface area contributed by atoms with Crippen LogP contribution in [0, 0.1) is 6.92 Å². The summed E-state index contributed by atoms with van der Waals surface area (Å²) in [6.07, 6.45) is 8.04. The van der Waals surface area contributed by atoms with Crippen molar-refractivity contribution in [3.05, 3.63) is 63.5 Å². The van der Waals surface area contributed by atoms with Crippen LogP contribution in [0.3, 0.4) is 0 Å². The predicted octanol–water partition coefficient (Wildman–Crippen LogP) is 6.21. The van der Waals surface area contributed by atoms with Crippen LogP contribution in [0.1, 0.15) is 85.9 Å². The normalized spacial score (nSPS) is 18.2. The summed E-state index contributed by atoms with van der Waals surface area (Å²) >= 11 is 0. The number of ether oxygens (including phenoxy) is 2. The number of hydrogen-bond donors (Lipinski definition) is 0. The topological polar surface area (TPSA) is 51.7 Å². The molecule has 5 nitrogen and oxygen atoms in total. The SMILES string of the molecule is COc1cc(C)cc2c1C(=C1CCN(C(=O)OC(C)(C)C)CC1)c1ncc(C3CC3)cc1CC2. The Morgan fingerprint density at radius 2 is 1.74 bits per heavy atom. The van der Waals surface area contributed by atoms with Crippen LogP contribution in [0.5, 0.6) is 5.75 Å². The maximum absolute atomic E-state index is 12.6. The molecule has 0 radical (unpaired) electrons. The zero-order chi connectivity index (χ0) is 24.0. The quantitative estimate of drug-likeness (QED) is 0.535. The van der Waals surface area contributed by atoms with Crippen molar-refractivity contribution in [3.63, 3.8) is 0 Å². The number of benzene rings is 1. The molecule has 34 heavy (non-hydrogen) atoms. The minimum atomic E-state index is -0.483. The molecule has 3 aliphatic rings. The molecule has 1 aliphatic heterocycles. The molecule has 5 rings (SSSR count). The van der Waals surface area contributed by atoms with Gasteiger partial charge in [0.1, 0.15) is 11.4 Å². The maximum atomic E-state index is 12.6. The number of pyridine rings is 1. The first-order chi connectivity index (χ1) is 16.2. The van der Waals surface area contributed by atoms with Crippen LogP contribution >= 0.6 is 0 Å². The second-order valence-corrected chi connectivity index (χ2v) is 11.0. The summed E-state index contributed by atoms with van der Waals surface area (Å²) in [4.78, 5) is 19.6. The highest BCUT2D eigenvalue weighted by atomic mass is 16.6. The van der Waals surface area contributed by atoms with Crippen LogP contribution in [-0.4, -0.2) is 41.8 Å². The van der Waals surface area contributed by atoms with Crippen LogP contribution in [0.2, 0.25) is 0 Å². The Kier molecular flexibility index (Phi) is 5.91. The molecule has 0 unspecified atom stereocenters. The van der Waals surface area contributed by atoms with Gasteiger partial charge in [0.15, 0.2) is 0 Å². The summed E-state index contributed by atoms with van der Waals surface area (Å²) in [5.74, 6) is 1.61. The number of fused-ring (bicyclic) bond motifs is 2. The number of likely N-dealkylation sites (tertiary alicyclic amines) is 1. The standard InChI is InChI=1S/C29H36N2O3/c1-18-14-21-8-9-22-16-23(19-6-7-19)17-30-27(22)26(25(21)24(15-18)33-5)20-10-12-31(13-11-20)28(32)34-29(2,3)4/h14-17,19H,6-13H2,1-5H3. The molecule has 1 amide bonds. The van der Waals surface area contributed by atoms with E-state index in [1.807, 2.05) is 25.7 Å². The molecule has 0 bridgehead atoms. The van der Waals surface area contributed by atoms with Crippen LogP contribution in [0.25, 0.3) is 5.57 Å². The molecule has 2 aromatic rings. The van der Waals surface area contributed by atoms with Crippen molar-refractivity contribution in [2.75, 3.05) is 20.2 Å². The minimum absolute atomic E-state index is 0.223. The summed E-state index contributed by atoms with van der Waals surface area (Å²) in [7, 11) is 1.76. The van der Waals surface area contributed by atoms with Crippen molar-refractivity contribution in [2.24, 2.45) is 0 Å². The van der Waals surface area contributed by atoms with E-state index in [9.17, 15) is 4.79 Å². The third-order valence-electron chi connectivity index (χ3n) is 7.11. The third kappa shape index (κ3) is 4.57. The molecule has 1 aromatic carbocycles. The number of aryl methyl sites for hydroxylation is 3. The van der Waals surface area contributed by atoms with Crippen LogP contribution in [0.15, 0.2) is 30.0 Å². The van der Waals surface area contributed by atoms with E-state index in [0.717, 1.165) is 37.1 Å². The highest BCUT2D eigenvalue weighted by Crippen LogP contribution is 2.45. The van der Waals surface area contributed by atoms with Crippen LogP contribution in [-0.2, 0) is 17.6 Å². The summed E-state index contributed by atoms with van der Waals surface area (Å²) < 4.78 is 11.5. The minimum Gasteiger partial charge on any atom is -0.496 e. The van der Waals surface area contributed by atoms with Gasteiger partial charge in [0.2, 0.25) is 0 Å². The molecule has 5 heteroatoms. The smallest absolute Gasteiger partial charge is 0.410 e. The van der Waals surface area contributed by atoms with Gasteiger partial charge in [-0.05, 0) is 100 Å². The molecule has 0 atom stereocenters. The van der Waals surface area contributed by atoms with Gasteiger partial charge in [-0.1, -0.05) is 17.7 Å². The number of aromatic nitrogens is 1. The van der Waals surface area contributed by atoms with E-state index in [1.165, 1.54) is 51.8 Å². The molecule has 1 aromatic heterocycles. The Labute approximate surface area is 203 Å². The first kappa shape index (κ1) is 22.9. The van der Waals surface area contributed by atoms with E-state index in [4.69, 9.17) is 14.5 Å². The van der Waals surface area contributed by atoms with Gasteiger partial charge in [-0.25, -0.2) is 4.79 Å². The van der Waals surface area contributed by atoms with E-state index >= 15 is 0 Å². The van der Waals surface area contributed by atoms with Gasteiger partial charge in [-0.15, -0.1) is 0 Å². The number of methoxy groups -OCH3 is 1. The predicted molar refractivity (Wildman–Crippen MR) is 134 cm³/mol. The largest absolute Gasteiger partial charge is 0.496 e. The Bertz CT molecular complexity index is 1140. The Morgan fingerprint density at radius 3 is 2.38 bits per heavy atom. The van der Waals surface area contributed by atoms with E-state index in [-0.39, 0.29) is 6.09 Å². The number of nitrogens with zero attached hydrogens (tertiary/aromatic N) is 2. The molecular weight excluding hydrogens is 424 g/mol. The van der Waals surface area contributed by atoms with Gasteiger partial charge in [0.05, 0.1) is 12.8 Å². The monoisotopic (exact) mass is 460 g/mol. The van der Waals surface area contributed by atoms with Gasteiger partial charge < -0.3 is 14.4 Å². The summed E-state index contributed by atoms with van der Waals surface area (Å²) in [6, 6.07) is 6.85. The van der Waals surface area contributed by atoms with Crippen molar-refractivity contribution in [1.29, 1.82) is 0 Å². The van der Waals surface area contributed by atoms with Gasteiger partial charge in [-0.3, -0.25) is 4.98 Å². The van der Waals surface area contributed by atoms with E-state index < -0.39 is 5.60 Å². The molecule has 2 aliphatic carbocycles. The van der Waals surface area contributed by atoms with Gasteiger partial charge >= 0.3 is 6.09 Å². The fourth-order valence-electron chi connectivity index (χ4n) is 5.32. The number of piperidine rings is 1. The molecule has 1 saturated heterocycles. The molecule has 180 valence electrons. The Balaban J connectivity index is 1.57. The number of amides is 1. The molecule has 0 N–H and O–H groups in total. The second-order valence-electron chi connectivity index (χ2n) is 11.0. The number of rotatable bonds is 2. The van der Waals surface area contributed by atoms with E-state index in [2.05, 4.69) is 31.3 Å². The molecule has 0 spiro atoms. The third-order valence-corrected chi connectivity index (χ3v) is 7.11. The lowest BCUT2D eigenvalue weighted by Gasteiger charge is -2.32. The fourth-order valence-corrected chi connectivity index (χ4v) is 5.32. The van der Waals surface area contributed by atoms with Gasteiger partial charge in [0.25, 0.3) is 0 Å². The van der Waals surface area contributed by atoms with Crippen molar-refractivity contribution in [1.82, 2.24) is 9.88 Å². The number of carbonyl (C=O) groups is 1. The molecule has 1 saturated carbocycles. The highest BCUT2D eigenvalue weighted by Gasteiger charge is 2.31. The van der Waals surface area contributed by atoms with E-state index in [1.54, 1.807) is 7.11 Å². The lowest BCUT2D eigenvalue weighted by Crippen LogP contribution is -2.40.